The van der Waals surface area contributed by atoms with E-state index >= 15 is 0 Å². The number of carbonyl (C=O) groups is 3. The number of imide groups is 1. The van der Waals surface area contributed by atoms with Crippen LogP contribution in [-0.4, -0.2) is 30.1 Å². The minimum atomic E-state index is -1.11. The maximum absolute atomic E-state index is 11.9. The van der Waals surface area contributed by atoms with E-state index < -0.39 is 24.0 Å². The first-order valence-electron chi connectivity index (χ1n) is 9.16. The van der Waals surface area contributed by atoms with Gasteiger partial charge in [0.25, 0.3) is 5.91 Å². The summed E-state index contributed by atoms with van der Waals surface area (Å²) in [5.74, 6) is -0.0838. The molecule has 0 saturated carbocycles. The molecule has 2 N–H and O–H groups in total. The molecule has 2 rings (SSSR count). The third-order valence-corrected chi connectivity index (χ3v) is 3.57. The van der Waals surface area contributed by atoms with Gasteiger partial charge >= 0.3 is 12.0 Å². The highest BCUT2D eigenvalue weighted by molar-refractivity contribution is 5.98. The second-order valence-corrected chi connectivity index (χ2v) is 6.52. The van der Waals surface area contributed by atoms with Gasteiger partial charge in [-0.25, -0.2) is 9.59 Å². The van der Waals surface area contributed by atoms with Crippen LogP contribution in [-0.2, 0) is 14.3 Å². The topological polar surface area (TPSA) is 93.7 Å². The molecule has 0 aliphatic heterocycles. The summed E-state index contributed by atoms with van der Waals surface area (Å²) in [6, 6.07) is 15.7. The van der Waals surface area contributed by atoms with E-state index in [1.54, 1.807) is 44.2 Å². The highest BCUT2D eigenvalue weighted by Gasteiger charge is 2.19. The SMILES string of the molecule is CC(C)NC(=O)NC(=O)[C@H](C)OC(=O)/C=C/c1cccc(Oc2ccccc2)c1. The van der Waals surface area contributed by atoms with E-state index in [0.29, 0.717) is 11.5 Å². The van der Waals surface area contributed by atoms with E-state index in [1.165, 1.54) is 13.0 Å². The quantitative estimate of drug-likeness (QED) is 0.550. The van der Waals surface area contributed by atoms with Crippen LogP contribution in [0, 0.1) is 0 Å². The molecule has 3 amide bonds. The molecule has 0 aliphatic carbocycles. The van der Waals surface area contributed by atoms with Gasteiger partial charge in [0.1, 0.15) is 11.5 Å². The summed E-state index contributed by atoms with van der Waals surface area (Å²) >= 11 is 0. The Labute approximate surface area is 169 Å². The Morgan fingerprint density at radius 1 is 0.931 bits per heavy atom. The molecule has 2 aromatic carbocycles. The minimum Gasteiger partial charge on any atom is -0.457 e. The van der Waals surface area contributed by atoms with Crippen molar-refractivity contribution in [2.24, 2.45) is 0 Å². The summed E-state index contributed by atoms with van der Waals surface area (Å²) in [6.07, 6.45) is 1.65. The maximum atomic E-state index is 11.9. The van der Waals surface area contributed by atoms with Crippen molar-refractivity contribution in [2.45, 2.75) is 32.9 Å². The number of benzene rings is 2. The highest BCUT2D eigenvalue weighted by Crippen LogP contribution is 2.22. The Morgan fingerprint density at radius 3 is 2.31 bits per heavy atom. The lowest BCUT2D eigenvalue weighted by Gasteiger charge is -2.13. The zero-order chi connectivity index (χ0) is 21.2. The molecule has 2 aromatic rings. The molecule has 0 aromatic heterocycles. The first kappa shape index (κ1) is 21.7. The Bertz CT molecular complexity index is 878. The van der Waals surface area contributed by atoms with Crippen molar-refractivity contribution >= 4 is 24.0 Å². The first-order valence-corrected chi connectivity index (χ1v) is 9.16. The lowest BCUT2D eigenvalue weighted by atomic mass is 10.2. The standard InChI is InChI=1S/C22H24N2O5/c1-15(2)23-22(27)24-21(26)16(3)28-20(25)13-12-17-8-7-11-19(14-17)29-18-9-5-4-6-10-18/h4-16H,1-3H3,(H2,23,24,26,27)/b13-12+/t16-/m0/s1. The second kappa shape index (κ2) is 10.7. The Morgan fingerprint density at radius 2 is 1.62 bits per heavy atom. The van der Waals surface area contributed by atoms with E-state index in [9.17, 15) is 14.4 Å². The third kappa shape index (κ3) is 7.88. The number of nitrogens with one attached hydrogen (secondary N) is 2. The number of rotatable bonds is 7. The van der Waals surface area contributed by atoms with Crippen LogP contribution in [0.25, 0.3) is 6.08 Å². The molecule has 0 spiro atoms. The van der Waals surface area contributed by atoms with Gasteiger partial charge in [-0.3, -0.25) is 10.1 Å². The smallest absolute Gasteiger partial charge is 0.331 e. The molecular weight excluding hydrogens is 372 g/mol. The Hall–Kier alpha value is -3.61. The molecule has 29 heavy (non-hydrogen) atoms. The Balaban J connectivity index is 1.89. The first-order chi connectivity index (χ1) is 13.8. The molecule has 0 radical (unpaired) electrons. The van der Waals surface area contributed by atoms with Gasteiger partial charge in [-0.05, 0) is 56.7 Å². The molecule has 0 fully saturated rings. The number of urea groups is 1. The van der Waals surface area contributed by atoms with E-state index in [2.05, 4.69) is 10.6 Å². The fraction of sp³-hybridized carbons (Fsp3) is 0.227. The van der Waals surface area contributed by atoms with Gasteiger partial charge < -0.3 is 14.8 Å². The fourth-order valence-electron chi connectivity index (χ4n) is 2.25. The van der Waals surface area contributed by atoms with Gasteiger partial charge in [0.2, 0.25) is 0 Å². The van der Waals surface area contributed by atoms with Crippen LogP contribution in [0.5, 0.6) is 11.5 Å². The van der Waals surface area contributed by atoms with Crippen LogP contribution in [0.15, 0.2) is 60.7 Å². The van der Waals surface area contributed by atoms with Crippen LogP contribution in [0.2, 0.25) is 0 Å². The molecule has 0 heterocycles. The summed E-state index contributed by atoms with van der Waals surface area (Å²) in [5.41, 5.74) is 0.726. The van der Waals surface area contributed by atoms with Crippen molar-refractivity contribution in [1.29, 1.82) is 0 Å². The average Bonchev–Trinajstić information content (AvgIpc) is 2.66. The van der Waals surface area contributed by atoms with Gasteiger partial charge in [0.15, 0.2) is 6.10 Å². The number of ether oxygens (including phenoxy) is 2. The predicted molar refractivity (Wildman–Crippen MR) is 109 cm³/mol. The monoisotopic (exact) mass is 396 g/mol. The zero-order valence-corrected chi connectivity index (χ0v) is 16.5. The molecule has 7 nitrogen and oxygen atoms in total. The van der Waals surface area contributed by atoms with Crippen molar-refractivity contribution in [3.05, 3.63) is 66.2 Å². The van der Waals surface area contributed by atoms with E-state index in [0.717, 1.165) is 5.56 Å². The number of para-hydroxylation sites is 1. The molecule has 1 atom stereocenters. The van der Waals surface area contributed by atoms with E-state index in [-0.39, 0.29) is 6.04 Å². The third-order valence-electron chi connectivity index (χ3n) is 3.57. The van der Waals surface area contributed by atoms with E-state index in [1.807, 2.05) is 30.3 Å². The van der Waals surface area contributed by atoms with Crippen molar-refractivity contribution in [2.75, 3.05) is 0 Å². The van der Waals surface area contributed by atoms with Crippen molar-refractivity contribution in [3.8, 4) is 11.5 Å². The van der Waals surface area contributed by atoms with Crippen LogP contribution in [0.1, 0.15) is 26.3 Å². The summed E-state index contributed by atoms with van der Waals surface area (Å²) in [6.45, 7) is 4.91. The average molecular weight is 396 g/mol. The lowest BCUT2D eigenvalue weighted by Crippen LogP contribution is -2.46. The number of esters is 1. The predicted octanol–water partition coefficient (Wildman–Crippen LogP) is 3.66. The molecular formula is C22H24N2O5. The number of hydrogen-bond acceptors (Lipinski definition) is 5. The molecule has 0 unspecified atom stereocenters. The summed E-state index contributed by atoms with van der Waals surface area (Å²) < 4.78 is 10.8. The van der Waals surface area contributed by atoms with Gasteiger partial charge in [-0.2, -0.15) is 0 Å². The lowest BCUT2D eigenvalue weighted by molar-refractivity contribution is -0.149. The summed E-state index contributed by atoms with van der Waals surface area (Å²) in [4.78, 5) is 35.3. The number of hydrogen-bond donors (Lipinski definition) is 2. The molecule has 7 heteroatoms. The molecule has 152 valence electrons. The van der Waals surface area contributed by atoms with E-state index in [4.69, 9.17) is 9.47 Å². The minimum absolute atomic E-state index is 0.120. The summed E-state index contributed by atoms with van der Waals surface area (Å²) in [7, 11) is 0. The van der Waals surface area contributed by atoms with Crippen molar-refractivity contribution in [3.63, 3.8) is 0 Å². The largest absolute Gasteiger partial charge is 0.457 e. The van der Waals surface area contributed by atoms with Crippen LogP contribution >= 0.6 is 0 Å². The van der Waals surface area contributed by atoms with Crippen LogP contribution in [0.4, 0.5) is 4.79 Å². The maximum Gasteiger partial charge on any atom is 0.331 e. The fourth-order valence-corrected chi connectivity index (χ4v) is 2.25. The molecule has 0 saturated heterocycles. The van der Waals surface area contributed by atoms with Gasteiger partial charge in [0, 0.05) is 12.1 Å². The van der Waals surface area contributed by atoms with Gasteiger partial charge in [-0.1, -0.05) is 30.3 Å². The van der Waals surface area contributed by atoms with Crippen LogP contribution < -0.4 is 15.4 Å². The van der Waals surface area contributed by atoms with Crippen LogP contribution in [0.3, 0.4) is 0 Å². The molecule has 0 aliphatic rings. The number of carbonyl (C=O) groups excluding carboxylic acids is 3. The Kier molecular flexibility index (Phi) is 7.97. The van der Waals surface area contributed by atoms with Crippen molar-refractivity contribution in [1.82, 2.24) is 10.6 Å². The van der Waals surface area contributed by atoms with Gasteiger partial charge in [-0.15, -0.1) is 0 Å². The number of amides is 3. The van der Waals surface area contributed by atoms with Gasteiger partial charge in [0.05, 0.1) is 0 Å². The van der Waals surface area contributed by atoms with Crippen molar-refractivity contribution < 1.29 is 23.9 Å². The summed E-state index contributed by atoms with van der Waals surface area (Å²) in [5, 5.41) is 4.63. The molecule has 0 bridgehead atoms. The zero-order valence-electron chi connectivity index (χ0n) is 16.5. The highest BCUT2D eigenvalue weighted by atomic mass is 16.5. The normalized spacial score (nSPS) is 11.7. The second-order valence-electron chi connectivity index (χ2n) is 6.52.